The number of rotatable bonds is 5. The average molecular weight is 341 g/mol. The molecule has 6 heteroatoms. The molecule has 0 unspecified atom stereocenters. The number of pyridine rings is 1. The summed E-state index contributed by atoms with van der Waals surface area (Å²) in [5.41, 5.74) is 4.49. The Bertz CT molecular complexity index is 717. The highest BCUT2D eigenvalue weighted by Crippen LogP contribution is 2.15. The van der Waals surface area contributed by atoms with Crippen LogP contribution >= 0.6 is 0 Å². The van der Waals surface area contributed by atoms with Gasteiger partial charge in [-0.25, -0.2) is 0 Å². The molecule has 0 bridgehead atoms. The van der Waals surface area contributed by atoms with E-state index >= 15 is 0 Å². The molecular weight excluding hydrogens is 314 g/mol. The van der Waals surface area contributed by atoms with Gasteiger partial charge in [-0.1, -0.05) is 6.07 Å². The Morgan fingerprint density at radius 2 is 1.92 bits per heavy atom. The predicted octanol–water partition coefficient (Wildman–Crippen LogP) is 1.71. The highest BCUT2D eigenvalue weighted by atomic mass is 16.2. The van der Waals surface area contributed by atoms with Gasteiger partial charge in [0, 0.05) is 58.1 Å². The third kappa shape index (κ3) is 4.25. The molecule has 1 aliphatic rings. The SMILES string of the molecule is Cc1nn(C)c(C)c1CCC(=O)N1CCN(Cc2ccccn2)CC1. The van der Waals surface area contributed by atoms with Crippen LogP contribution in [0.4, 0.5) is 0 Å². The molecule has 0 aromatic carbocycles. The Morgan fingerprint density at radius 1 is 1.16 bits per heavy atom. The molecule has 2 aromatic rings. The summed E-state index contributed by atoms with van der Waals surface area (Å²) in [5, 5.41) is 4.43. The van der Waals surface area contributed by atoms with Crippen molar-refractivity contribution in [2.45, 2.75) is 33.2 Å². The van der Waals surface area contributed by atoms with Gasteiger partial charge in [-0.15, -0.1) is 0 Å². The second kappa shape index (κ2) is 7.78. The van der Waals surface area contributed by atoms with Crippen LogP contribution in [0, 0.1) is 13.8 Å². The first-order chi connectivity index (χ1) is 12.0. The van der Waals surface area contributed by atoms with Gasteiger partial charge >= 0.3 is 0 Å². The summed E-state index contributed by atoms with van der Waals surface area (Å²) in [4.78, 5) is 21.3. The van der Waals surface area contributed by atoms with Gasteiger partial charge < -0.3 is 4.90 Å². The number of hydrogen-bond acceptors (Lipinski definition) is 4. The molecule has 6 nitrogen and oxygen atoms in total. The van der Waals surface area contributed by atoms with E-state index in [9.17, 15) is 4.79 Å². The molecule has 1 aliphatic heterocycles. The highest BCUT2D eigenvalue weighted by molar-refractivity contribution is 5.76. The topological polar surface area (TPSA) is 54.3 Å². The molecule has 0 atom stereocenters. The van der Waals surface area contributed by atoms with Gasteiger partial charge in [0.15, 0.2) is 0 Å². The molecular formula is C19H27N5O. The quantitative estimate of drug-likeness (QED) is 0.831. The van der Waals surface area contributed by atoms with E-state index in [0.717, 1.165) is 56.2 Å². The fourth-order valence-corrected chi connectivity index (χ4v) is 3.45. The first kappa shape index (κ1) is 17.6. The van der Waals surface area contributed by atoms with Crippen molar-refractivity contribution in [1.29, 1.82) is 0 Å². The fraction of sp³-hybridized carbons (Fsp3) is 0.526. The molecule has 0 saturated carbocycles. The number of aromatic nitrogens is 3. The van der Waals surface area contributed by atoms with E-state index in [4.69, 9.17) is 0 Å². The third-order valence-electron chi connectivity index (χ3n) is 5.08. The number of carbonyl (C=O) groups is 1. The summed E-state index contributed by atoms with van der Waals surface area (Å²) in [5.74, 6) is 0.250. The lowest BCUT2D eigenvalue weighted by Crippen LogP contribution is -2.48. The smallest absolute Gasteiger partial charge is 0.222 e. The molecule has 3 heterocycles. The molecule has 134 valence electrons. The van der Waals surface area contributed by atoms with Crippen LogP contribution in [0.15, 0.2) is 24.4 Å². The van der Waals surface area contributed by atoms with Gasteiger partial charge in [0.05, 0.1) is 11.4 Å². The summed E-state index contributed by atoms with van der Waals surface area (Å²) >= 11 is 0. The van der Waals surface area contributed by atoms with Crippen LogP contribution in [0.25, 0.3) is 0 Å². The molecule has 1 amide bonds. The lowest BCUT2D eigenvalue weighted by molar-refractivity contribution is -0.133. The normalized spacial score (nSPS) is 15.6. The minimum atomic E-state index is 0.250. The van der Waals surface area contributed by atoms with Crippen LogP contribution < -0.4 is 0 Å². The first-order valence-corrected chi connectivity index (χ1v) is 8.93. The van der Waals surface area contributed by atoms with Crippen molar-refractivity contribution < 1.29 is 4.79 Å². The zero-order valence-corrected chi connectivity index (χ0v) is 15.4. The van der Waals surface area contributed by atoms with Gasteiger partial charge in [-0.3, -0.25) is 19.4 Å². The third-order valence-corrected chi connectivity index (χ3v) is 5.08. The molecule has 0 aliphatic carbocycles. The monoisotopic (exact) mass is 341 g/mol. The van der Waals surface area contributed by atoms with Crippen LogP contribution in [0.3, 0.4) is 0 Å². The van der Waals surface area contributed by atoms with E-state index in [0.29, 0.717) is 6.42 Å². The maximum atomic E-state index is 12.5. The molecule has 0 N–H and O–H groups in total. The van der Waals surface area contributed by atoms with Crippen molar-refractivity contribution >= 4 is 5.91 Å². The van der Waals surface area contributed by atoms with Crippen molar-refractivity contribution in [3.63, 3.8) is 0 Å². The Hall–Kier alpha value is -2.21. The minimum absolute atomic E-state index is 0.250. The van der Waals surface area contributed by atoms with Crippen molar-refractivity contribution in [3.8, 4) is 0 Å². The van der Waals surface area contributed by atoms with Crippen molar-refractivity contribution in [2.75, 3.05) is 26.2 Å². The zero-order valence-electron chi connectivity index (χ0n) is 15.4. The van der Waals surface area contributed by atoms with Gasteiger partial charge in [0.25, 0.3) is 0 Å². The van der Waals surface area contributed by atoms with Crippen LogP contribution in [-0.4, -0.2) is 56.7 Å². The number of piperazine rings is 1. The average Bonchev–Trinajstić information content (AvgIpc) is 2.86. The van der Waals surface area contributed by atoms with E-state index in [-0.39, 0.29) is 5.91 Å². The van der Waals surface area contributed by atoms with E-state index in [1.165, 1.54) is 5.56 Å². The Kier molecular flexibility index (Phi) is 5.48. The van der Waals surface area contributed by atoms with Crippen LogP contribution in [-0.2, 0) is 24.8 Å². The second-order valence-electron chi connectivity index (χ2n) is 6.75. The van der Waals surface area contributed by atoms with Crippen molar-refractivity contribution in [3.05, 3.63) is 47.0 Å². The van der Waals surface area contributed by atoms with E-state index in [2.05, 4.69) is 28.0 Å². The van der Waals surface area contributed by atoms with Crippen molar-refractivity contribution in [1.82, 2.24) is 24.6 Å². The molecule has 2 aromatic heterocycles. The number of aryl methyl sites for hydroxylation is 2. The molecule has 25 heavy (non-hydrogen) atoms. The maximum absolute atomic E-state index is 12.5. The Morgan fingerprint density at radius 3 is 2.52 bits per heavy atom. The summed E-state index contributed by atoms with van der Waals surface area (Å²) in [6.45, 7) is 8.37. The molecule has 0 spiro atoms. The maximum Gasteiger partial charge on any atom is 0.222 e. The standard InChI is InChI=1S/C19H27N5O/c1-15-18(16(2)22(3)21-15)7-8-19(25)24-12-10-23(11-13-24)14-17-6-4-5-9-20-17/h4-6,9H,7-8,10-14H2,1-3H3. The lowest BCUT2D eigenvalue weighted by Gasteiger charge is -2.34. The van der Waals surface area contributed by atoms with Gasteiger partial charge in [-0.2, -0.15) is 5.10 Å². The number of amides is 1. The second-order valence-corrected chi connectivity index (χ2v) is 6.75. The predicted molar refractivity (Wildman–Crippen MR) is 97.1 cm³/mol. The lowest BCUT2D eigenvalue weighted by atomic mass is 10.1. The zero-order chi connectivity index (χ0) is 17.8. The number of carbonyl (C=O) groups excluding carboxylic acids is 1. The largest absolute Gasteiger partial charge is 0.340 e. The molecule has 1 fully saturated rings. The van der Waals surface area contributed by atoms with Crippen LogP contribution in [0.5, 0.6) is 0 Å². The summed E-state index contributed by atoms with van der Waals surface area (Å²) in [6.07, 6.45) is 3.17. The Labute approximate surface area is 149 Å². The molecule has 1 saturated heterocycles. The molecule has 0 radical (unpaired) electrons. The van der Waals surface area contributed by atoms with Crippen LogP contribution in [0.2, 0.25) is 0 Å². The summed E-state index contributed by atoms with van der Waals surface area (Å²) < 4.78 is 1.89. The minimum Gasteiger partial charge on any atom is -0.340 e. The number of nitrogens with zero attached hydrogens (tertiary/aromatic N) is 5. The van der Waals surface area contributed by atoms with E-state index in [1.807, 2.05) is 41.9 Å². The van der Waals surface area contributed by atoms with Gasteiger partial charge in [0.1, 0.15) is 0 Å². The first-order valence-electron chi connectivity index (χ1n) is 8.93. The summed E-state index contributed by atoms with van der Waals surface area (Å²) in [6, 6.07) is 6.01. The summed E-state index contributed by atoms with van der Waals surface area (Å²) in [7, 11) is 1.95. The van der Waals surface area contributed by atoms with Gasteiger partial charge in [0.2, 0.25) is 5.91 Å². The molecule has 3 rings (SSSR count). The van der Waals surface area contributed by atoms with Crippen molar-refractivity contribution in [2.24, 2.45) is 7.05 Å². The van der Waals surface area contributed by atoms with Gasteiger partial charge in [-0.05, 0) is 38.0 Å². The Balaban J connectivity index is 1.47. The van der Waals surface area contributed by atoms with E-state index < -0.39 is 0 Å². The number of hydrogen-bond donors (Lipinski definition) is 0. The highest BCUT2D eigenvalue weighted by Gasteiger charge is 2.22. The van der Waals surface area contributed by atoms with Crippen LogP contribution in [0.1, 0.15) is 29.1 Å². The fourth-order valence-electron chi connectivity index (χ4n) is 3.45. The van der Waals surface area contributed by atoms with E-state index in [1.54, 1.807) is 0 Å².